The molecule has 1 N–H and O–H groups in total. The topological polar surface area (TPSA) is 68.3 Å². The van der Waals surface area contributed by atoms with Gasteiger partial charge in [0.25, 0.3) is 0 Å². The number of nitrogens with zero attached hydrogens (tertiary/aromatic N) is 1. The lowest BCUT2D eigenvalue weighted by Gasteiger charge is -2.03. The SMILES string of the molecule is CCCCOC(=O)CSCC(=O)Nc1nccs1. The van der Waals surface area contributed by atoms with Crippen LogP contribution in [0.1, 0.15) is 19.8 Å². The van der Waals surface area contributed by atoms with E-state index in [-0.39, 0.29) is 23.4 Å². The molecular formula is C11H16N2O3S2. The lowest BCUT2D eigenvalue weighted by atomic mass is 10.4. The Bertz CT molecular complexity index is 368. The number of anilines is 1. The van der Waals surface area contributed by atoms with Crippen LogP contribution < -0.4 is 5.32 Å². The summed E-state index contributed by atoms with van der Waals surface area (Å²) in [6, 6.07) is 0. The number of nitrogens with one attached hydrogen (secondary N) is 1. The van der Waals surface area contributed by atoms with Crippen molar-refractivity contribution in [1.82, 2.24) is 4.98 Å². The van der Waals surface area contributed by atoms with Gasteiger partial charge in [-0.1, -0.05) is 13.3 Å². The molecule has 0 spiro atoms. The first-order valence-electron chi connectivity index (χ1n) is 5.65. The molecule has 1 aromatic heterocycles. The van der Waals surface area contributed by atoms with Crippen LogP contribution in [0.3, 0.4) is 0 Å². The van der Waals surface area contributed by atoms with Crippen LogP contribution in [0.4, 0.5) is 5.13 Å². The summed E-state index contributed by atoms with van der Waals surface area (Å²) in [6.07, 6.45) is 3.50. The summed E-state index contributed by atoms with van der Waals surface area (Å²) < 4.78 is 4.97. The average molecular weight is 288 g/mol. The monoisotopic (exact) mass is 288 g/mol. The minimum Gasteiger partial charge on any atom is -0.465 e. The van der Waals surface area contributed by atoms with Crippen LogP contribution >= 0.6 is 23.1 Å². The Balaban J connectivity index is 2.06. The Morgan fingerprint density at radius 2 is 2.33 bits per heavy atom. The van der Waals surface area contributed by atoms with E-state index in [1.807, 2.05) is 6.92 Å². The third-order valence-electron chi connectivity index (χ3n) is 1.89. The molecule has 0 atom stereocenters. The maximum Gasteiger partial charge on any atom is 0.315 e. The van der Waals surface area contributed by atoms with Gasteiger partial charge >= 0.3 is 5.97 Å². The number of hydrogen-bond acceptors (Lipinski definition) is 6. The number of carbonyl (C=O) groups is 2. The molecule has 0 fully saturated rings. The largest absolute Gasteiger partial charge is 0.465 e. The first-order valence-corrected chi connectivity index (χ1v) is 7.68. The minimum absolute atomic E-state index is 0.156. The van der Waals surface area contributed by atoms with Gasteiger partial charge in [-0.2, -0.15) is 0 Å². The highest BCUT2D eigenvalue weighted by Gasteiger charge is 2.07. The normalized spacial score (nSPS) is 10.1. The molecule has 7 heteroatoms. The van der Waals surface area contributed by atoms with Crippen molar-refractivity contribution < 1.29 is 14.3 Å². The second-order valence-electron chi connectivity index (χ2n) is 3.45. The van der Waals surface area contributed by atoms with Crippen LogP contribution in [0.5, 0.6) is 0 Å². The number of carbonyl (C=O) groups excluding carboxylic acids is 2. The maximum atomic E-state index is 11.4. The molecule has 0 saturated heterocycles. The van der Waals surface area contributed by atoms with E-state index < -0.39 is 0 Å². The van der Waals surface area contributed by atoms with Crippen molar-refractivity contribution >= 4 is 40.1 Å². The second-order valence-corrected chi connectivity index (χ2v) is 5.33. The number of esters is 1. The molecule has 0 unspecified atom stereocenters. The van der Waals surface area contributed by atoms with Gasteiger partial charge in [0.05, 0.1) is 18.1 Å². The molecule has 5 nitrogen and oxygen atoms in total. The zero-order valence-corrected chi connectivity index (χ0v) is 11.8. The van der Waals surface area contributed by atoms with Gasteiger partial charge in [0.1, 0.15) is 0 Å². The smallest absolute Gasteiger partial charge is 0.315 e. The van der Waals surface area contributed by atoms with Crippen molar-refractivity contribution in [2.24, 2.45) is 0 Å². The molecule has 0 aliphatic heterocycles. The van der Waals surface area contributed by atoms with E-state index in [1.54, 1.807) is 11.6 Å². The first-order chi connectivity index (χ1) is 8.72. The van der Waals surface area contributed by atoms with Gasteiger partial charge in [-0.15, -0.1) is 23.1 Å². The second kappa shape index (κ2) is 8.93. The summed E-state index contributed by atoms with van der Waals surface area (Å²) in [5.41, 5.74) is 0. The van der Waals surface area contributed by atoms with Gasteiger partial charge in [0.2, 0.25) is 5.91 Å². The van der Waals surface area contributed by atoms with Crippen molar-refractivity contribution in [3.63, 3.8) is 0 Å². The van der Waals surface area contributed by atoms with Gasteiger partial charge in [-0.05, 0) is 6.42 Å². The van der Waals surface area contributed by atoms with Crippen LogP contribution in [0.2, 0.25) is 0 Å². The fourth-order valence-corrected chi connectivity index (χ4v) is 2.19. The number of aromatic nitrogens is 1. The van der Waals surface area contributed by atoms with Crippen LogP contribution in [0.15, 0.2) is 11.6 Å². The molecule has 18 heavy (non-hydrogen) atoms. The Morgan fingerprint density at radius 3 is 3.00 bits per heavy atom. The van der Waals surface area contributed by atoms with Crippen LogP contribution in [-0.4, -0.2) is 35.0 Å². The van der Waals surface area contributed by atoms with Crippen LogP contribution in [0.25, 0.3) is 0 Å². The summed E-state index contributed by atoms with van der Waals surface area (Å²) in [4.78, 5) is 26.6. The first kappa shape index (κ1) is 15.0. The number of amides is 1. The van der Waals surface area contributed by atoms with E-state index in [1.165, 1.54) is 23.1 Å². The lowest BCUT2D eigenvalue weighted by molar-refractivity contribution is -0.140. The molecule has 100 valence electrons. The van der Waals surface area contributed by atoms with Gasteiger partial charge in [0.15, 0.2) is 5.13 Å². The molecule has 1 amide bonds. The molecule has 0 saturated carbocycles. The minimum atomic E-state index is -0.268. The van der Waals surface area contributed by atoms with Crippen molar-refractivity contribution in [2.45, 2.75) is 19.8 Å². The van der Waals surface area contributed by atoms with Crippen LogP contribution in [0, 0.1) is 0 Å². The number of unbranched alkanes of at least 4 members (excludes halogenated alkanes) is 1. The Labute approximate surface area is 114 Å². The van der Waals surface area contributed by atoms with Gasteiger partial charge < -0.3 is 10.1 Å². The van der Waals surface area contributed by atoms with E-state index >= 15 is 0 Å². The van der Waals surface area contributed by atoms with E-state index in [9.17, 15) is 9.59 Å². The zero-order chi connectivity index (χ0) is 13.2. The standard InChI is InChI=1S/C11H16N2O3S2/c1-2-3-5-16-10(15)8-17-7-9(14)13-11-12-4-6-18-11/h4,6H,2-3,5,7-8H2,1H3,(H,12,13,14). The number of thiazole rings is 1. The highest BCUT2D eigenvalue weighted by atomic mass is 32.2. The molecular weight excluding hydrogens is 272 g/mol. The quantitative estimate of drug-likeness (QED) is 0.586. The van der Waals surface area contributed by atoms with Crippen molar-refractivity contribution in [2.75, 3.05) is 23.4 Å². The Kier molecular flexibility index (Phi) is 7.43. The average Bonchev–Trinajstić information content (AvgIpc) is 2.82. The van der Waals surface area contributed by atoms with Crippen molar-refractivity contribution in [1.29, 1.82) is 0 Å². The van der Waals surface area contributed by atoms with E-state index in [2.05, 4.69) is 10.3 Å². The highest BCUT2D eigenvalue weighted by molar-refractivity contribution is 8.00. The fourth-order valence-electron chi connectivity index (χ4n) is 1.04. The number of thioether (sulfide) groups is 1. The predicted molar refractivity (Wildman–Crippen MR) is 73.9 cm³/mol. The summed E-state index contributed by atoms with van der Waals surface area (Å²) in [5.74, 6) is 0.00378. The van der Waals surface area contributed by atoms with Gasteiger partial charge in [0, 0.05) is 11.6 Å². The zero-order valence-electron chi connectivity index (χ0n) is 10.2. The van der Waals surface area contributed by atoms with Gasteiger partial charge in [-0.25, -0.2) is 4.98 Å². The number of ether oxygens (including phenoxy) is 1. The molecule has 1 heterocycles. The Hall–Kier alpha value is -1.08. The predicted octanol–water partition coefficient (Wildman–Crippen LogP) is 2.16. The lowest BCUT2D eigenvalue weighted by Crippen LogP contribution is -2.16. The van der Waals surface area contributed by atoms with Crippen molar-refractivity contribution in [3.8, 4) is 0 Å². The molecule has 0 radical (unpaired) electrons. The molecule has 0 aliphatic carbocycles. The summed E-state index contributed by atoms with van der Waals surface area (Å²) in [5, 5.41) is 5.00. The molecule has 0 aromatic carbocycles. The summed E-state index contributed by atoms with van der Waals surface area (Å²) in [6.45, 7) is 2.49. The van der Waals surface area contributed by atoms with Gasteiger partial charge in [-0.3, -0.25) is 9.59 Å². The number of hydrogen-bond donors (Lipinski definition) is 1. The maximum absolute atomic E-state index is 11.4. The molecule has 1 aromatic rings. The van der Waals surface area contributed by atoms with Crippen molar-refractivity contribution in [3.05, 3.63) is 11.6 Å². The summed E-state index contributed by atoms with van der Waals surface area (Å²) in [7, 11) is 0. The van der Waals surface area contributed by atoms with E-state index in [0.717, 1.165) is 12.8 Å². The molecule has 1 rings (SSSR count). The number of rotatable bonds is 8. The molecule has 0 bridgehead atoms. The molecule has 0 aliphatic rings. The Morgan fingerprint density at radius 1 is 1.50 bits per heavy atom. The van der Waals surface area contributed by atoms with Crippen LogP contribution in [-0.2, 0) is 14.3 Å². The third-order valence-corrected chi connectivity index (χ3v) is 3.49. The third kappa shape index (κ3) is 6.61. The summed E-state index contributed by atoms with van der Waals surface area (Å²) >= 11 is 2.60. The fraction of sp³-hybridized carbons (Fsp3) is 0.545. The highest BCUT2D eigenvalue weighted by Crippen LogP contribution is 2.11. The van der Waals surface area contributed by atoms with E-state index in [0.29, 0.717) is 11.7 Å². The van der Waals surface area contributed by atoms with E-state index in [4.69, 9.17) is 4.74 Å².